The number of hydrogen-bond donors (Lipinski definition) is 1. The Labute approximate surface area is 120 Å². The van der Waals surface area contributed by atoms with E-state index in [0.29, 0.717) is 6.42 Å². The van der Waals surface area contributed by atoms with E-state index in [0.717, 1.165) is 32.5 Å². The molecule has 20 heavy (non-hydrogen) atoms. The highest BCUT2D eigenvalue weighted by Gasteiger charge is 2.20. The fourth-order valence-corrected chi connectivity index (χ4v) is 2.58. The van der Waals surface area contributed by atoms with Crippen LogP contribution in [0.3, 0.4) is 0 Å². The maximum Gasteiger partial charge on any atom is 0.224 e. The zero-order chi connectivity index (χ0) is 14.2. The highest BCUT2D eigenvalue weighted by atomic mass is 16.1. The van der Waals surface area contributed by atoms with Crippen molar-refractivity contribution in [1.29, 1.82) is 0 Å². The third kappa shape index (κ3) is 4.78. The SMILES string of the molecule is C/C=C/CC(=O)N[C@H]1CCCN(Cc2cccnc2)C1. The van der Waals surface area contributed by atoms with Crippen molar-refractivity contribution < 1.29 is 4.79 Å². The minimum absolute atomic E-state index is 0.122. The molecule has 1 aliphatic rings. The second kappa shape index (κ2) is 7.80. The minimum Gasteiger partial charge on any atom is -0.352 e. The van der Waals surface area contributed by atoms with Gasteiger partial charge < -0.3 is 5.32 Å². The standard InChI is InChI=1S/C16H23N3O/c1-2-3-8-16(20)18-15-7-5-10-19(13-15)12-14-6-4-9-17-11-14/h2-4,6,9,11,15H,5,7-8,10,12-13H2,1H3,(H,18,20)/b3-2+/t15-/m0/s1. The molecule has 1 aromatic rings. The summed E-state index contributed by atoms with van der Waals surface area (Å²) in [6.07, 6.45) is 10.2. The van der Waals surface area contributed by atoms with Crippen molar-refractivity contribution in [2.75, 3.05) is 13.1 Å². The molecule has 0 radical (unpaired) electrons. The number of hydrogen-bond acceptors (Lipinski definition) is 3. The lowest BCUT2D eigenvalue weighted by molar-refractivity contribution is -0.121. The number of nitrogens with one attached hydrogen (secondary N) is 1. The molecule has 0 aliphatic carbocycles. The highest BCUT2D eigenvalue weighted by molar-refractivity contribution is 5.77. The normalized spacial score (nSPS) is 20.1. The van der Waals surface area contributed by atoms with Gasteiger partial charge in [-0.05, 0) is 37.9 Å². The Bertz CT molecular complexity index is 444. The Kier molecular flexibility index (Phi) is 5.74. The zero-order valence-electron chi connectivity index (χ0n) is 12.1. The third-order valence-electron chi connectivity index (χ3n) is 3.54. The molecule has 2 heterocycles. The number of carbonyl (C=O) groups is 1. The third-order valence-corrected chi connectivity index (χ3v) is 3.54. The number of carbonyl (C=O) groups excluding carboxylic acids is 1. The second-order valence-electron chi connectivity index (χ2n) is 5.28. The fourth-order valence-electron chi connectivity index (χ4n) is 2.58. The van der Waals surface area contributed by atoms with Crippen LogP contribution in [0.25, 0.3) is 0 Å². The molecule has 1 aliphatic heterocycles. The van der Waals surface area contributed by atoms with Crippen molar-refractivity contribution in [3.05, 3.63) is 42.2 Å². The number of amides is 1. The van der Waals surface area contributed by atoms with Gasteiger partial charge in [-0.3, -0.25) is 14.7 Å². The second-order valence-corrected chi connectivity index (χ2v) is 5.28. The Hall–Kier alpha value is -1.68. The van der Waals surface area contributed by atoms with E-state index >= 15 is 0 Å². The van der Waals surface area contributed by atoms with Gasteiger partial charge in [-0.2, -0.15) is 0 Å². The van der Waals surface area contributed by atoms with Crippen LogP contribution in [0, 0.1) is 0 Å². The summed E-state index contributed by atoms with van der Waals surface area (Å²) in [5.74, 6) is 0.122. The first-order chi connectivity index (χ1) is 9.78. The average molecular weight is 273 g/mol. The number of aromatic nitrogens is 1. The molecular formula is C16H23N3O. The monoisotopic (exact) mass is 273 g/mol. The van der Waals surface area contributed by atoms with Gasteiger partial charge in [-0.15, -0.1) is 0 Å². The average Bonchev–Trinajstić information content (AvgIpc) is 2.46. The van der Waals surface area contributed by atoms with Gasteiger partial charge in [-0.25, -0.2) is 0 Å². The number of piperidine rings is 1. The van der Waals surface area contributed by atoms with Gasteiger partial charge in [0.2, 0.25) is 5.91 Å². The lowest BCUT2D eigenvalue weighted by Gasteiger charge is -2.33. The van der Waals surface area contributed by atoms with Crippen molar-refractivity contribution in [3.8, 4) is 0 Å². The Morgan fingerprint density at radius 2 is 2.50 bits per heavy atom. The van der Waals surface area contributed by atoms with Crippen molar-refractivity contribution in [1.82, 2.24) is 15.2 Å². The highest BCUT2D eigenvalue weighted by Crippen LogP contribution is 2.13. The van der Waals surface area contributed by atoms with Crippen LogP contribution >= 0.6 is 0 Å². The van der Waals surface area contributed by atoms with Gasteiger partial charge in [0.25, 0.3) is 0 Å². The molecule has 4 nitrogen and oxygen atoms in total. The fraction of sp³-hybridized carbons (Fsp3) is 0.500. The number of likely N-dealkylation sites (tertiary alicyclic amines) is 1. The quantitative estimate of drug-likeness (QED) is 0.836. The first-order valence-electron chi connectivity index (χ1n) is 7.29. The van der Waals surface area contributed by atoms with E-state index < -0.39 is 0 Å². The molecule has 1 fully saturated rings. The van der Waals surface area contributed by atoms with Gasteiger partial charge in [0.05, 0.1) is 0 Å². The van der Waals surface area contributed by atoms with Crippen LogP contribution in [-0.4, -0.2) is 34.9 Å². The molecule has 0 bridgehead atoms. The van der Waals surface area contributed by atoms with Crippen LogP contribution in [0.5, 0.6) is 0 Å². The van der Waals surface area contributed by atoms with E-state index in [9.17, 15) is 4.79 Å². The van der Waals surface area contributed by atoms with Crippen LogP contribution < -0.4 is 5.32 Å². The number of rotatable bonds is 5. The molecule has 1 atom stereocenters. The minimum atomic E-state index is 0.122. The van der Waals surface area contributed by atoms with Gasteiger partial charge in [-0.1, -0.05) is 18.2 Å². The van der Waals surface area contributed by atoms with E-state index in [1.807, 2.05) is 31.3 Å². The summed E-state index contributed by atoms with van der Waals surface area (Å²) >= 11 is 0. The van der Waals surface area contributed by atoms with E-state index in [1.54, 1.807) is 6.20 Å². The van der Waals surface area contributed by atoms with Crippen LogP contribution in [0.2, 0.25) is 0 Å². The summed E-state index contributed by atoms with van der Waals surface area (Å²) in [5, 5.41) is 3.12. The largest absolute Gasteiger partial charge is 0.352 e. The number of allylic oxidation sites excluding steroid dienone is 1. The molecule has 2 rings (SSSR count). The molecule has 0 spiro atoms. The molecule has 0 aromatic carbocycles. The van der Waals surface area contributed by atoms with E-state index in [1.165, 1.54) is 5.56 Å². The van der Waals surface area contributed by atoms with Crippen LogP contribution in [-0.2, 0) is 11.3 Å². The summed E-state index contributed by atoms with van der Waals surface area (Å²) in [6.45, 7) is 4.87. The van der Waals surface area contributed by atoms with E-state index in [-0.39, 0.29) is 11.9 Å². The smallest absolute Gasteiger partial charge is 0.224 e. The summed E-state index contributed by atoms with van der Waals surface area (Å²) in [5.41, 5.74) is 1.23. The van der Waals surface area contributed by atoms with Crippen LogP contribution in [0.15, 0.2) is 36.7 Å². The van der Waals surface area contributed by atoms with E-state index in [2.05, 4.69) is 21.3 Å². The summed E-state index contributed by atoms with van der Waals surface area (Å²) < 4.78 is 0. The van der Waals surface area contributed by atoms with Gasteiger partial charge in [0.1, 0.15) is 0 Å². The molecule has 1 N–H and O–H groups in total. The predicted molar refractivity (Wildman–Crippen MR) is 80.1 cm³/mol. The number of pyridine rings is 1. The van der Waals surface area contributed by atoms with Crippen LogP contribution in [0.4, 0.5) is 0 Å². The summed E-state index contributed by atoms with van der Waals surface area (Å²) in [6, 6.07) is 4.34. The molecule has 0 saturated carbocycles. The summed E-state index contributed by atoms with van der Waals surface area (Å²) in [4.78, 5) is 18.3. The molecule has 1 saturated heterocycles. The number of nitrogens with zero attached hydrogens (tertiary/aromatic N) is 2. The maximum absolute atomic E-state index is 11.7. The molecule has 1 aromatic heterocycles. The van der Waals surface area contributed by atoms with Gasteiger partial charge in [0, 0.05) is 37.9 Å². The predicted octanol–water partition coefficient (Wildman–Crippen LogP) is 2.13. The van der Waals surface area contributed by atoms with Crippen molar-refractivity contribution >= 4 is 5.91 Å². The first kappa shape index (κ1) is 14.7. The summed E-state index contributed by atoms with van der Waals surface area (Å²) in [7, 11) is 0. The van der Waals surface area contributed by atoms with Crippen molar-refractivity contribution in [3.63, 3.8) is 0 Å². The molecule has 108 valence electrons. The molecule has 1 amide bonds. The first-order valence-corrected chi connectivity index (χ1v) is 7.29. The van der Waals surface area contributed by atoms with Crippen molar-refractivity contribution in [2.24, 2.45) is 0 Å². The Morgan fingerprint density at radius 3 is 3.25 bits per heavy atom. The van der Waals surface area contributed by atoms with Crippen molar-refractivity contribution in [2.45, 2.75) is 38.8 Å². The van der Waals surface area contributed by atoms with E-state index in [4.69, 9.17) is 0 Å². The molecule has 0 unspecified atom stereocenters. The molecular weight excluding hydrogens is 250 g/mol. The van der Waals surface area contributed by atoms with Gasteiger partial charge in [0.15, 0.2) is 0 Å². The maximum atomic E-state index is 11.7. The lowest BCUT2D eigenvalue weighted by atomic mass is 10.0. The Balaban J connectivity index is 1.81. The molecule has 4 heteroatoms. The topological polar surface area (TPSA) is 45.2 Å². The Morgan fingerprint density at radius 1 is 1.60 bits per heavy atom. The lowest BCUT2D eigenvalue weighted by Crippen LogP contribution is -2.47. The zero-order valence-corrected chi connectivity index (χ0v) is 12.1. The van der Waals surface area contributed by atoms with Gasteiger partial charge >= 0.3 is 0 Å². The van der Waals surface area contributed by atoms with Crippen LogP contribution in [0.1, 0.15) is 31.7 Å².